The van der Waals surface area contributed by atoms with E-state index in [-0.39, 0.29) is 6.10 Å². The third kappa shape index (κ3) is 3.87. The first-order chi connectivity index (χ1) is 10.1. The van der Waals surface area contributed by atoms with Gasteiger partial charge in [-0.05, 0) is 73.4 Å². The predicted octanol–water partition coefficient (Wildman–Crippen LogP) is 2.36. The van der Waals surface area contributed by atoms with Crippen LogP contribution in [-0.4, -0.2) is 53.8 Å². The standard InChI is InChI=1S/C16H24IN3O/c1-19(14-8-15(21)9-14)11-12-4-6-20(7-5-12)16-3-2-13(17)10-18-16/h2-3,10,12,14-15,21H,4-9,11H2,1H3. The van der Waals surface area contributed by atoms with Crippen LogP contribution in [0, 0.1) is 9.49 Å². The molecule has 0 bridgehead atoms. The SMILES string of the molecule is CN(CC1CCN(c2ccc(I)cn2)CC1)C1CC(O)C1. The van der Waals surface area contributed by atoms with Gasteiger partial charge in [0.15, 0.2) is 0 Å². The molecule has 0 spiro atoms. The minimum Gasteiger partial charge on any atom is -0.393 e. The highest BCUT2D eigenvalue weighted by Crippen LogP contribution is 2.28. The fourth-order valence-corrected chi connectivity index (χ4v) is 3.69. The lowest BCUT2D eigenvalue weighted by molar-refractivity contribution is 0.00564. The topological polar surface area (TPSA) is 39.6 Å². The summed E-state index contributed by atoms with van der Waals surface area (Å²) in [5.41, 5.74) is 0. The molecule has 0 radical (unpaired) electrons. The molecule has 0 amide bonds. The molecule has 1 saturated carbocycles. The quantitative estimate of drug-likeness (QED) is 0.787. The molecule has 5 heteroatoms. The Kier molecular flexibility index (Phi) is 5.01. The van der Waals surface area contributed by atoms with Gasteiger partial charge in [0, 0.05) is 35.4 Å². The van der Waals surface area contributed by atoms with Crippen LogP contribution in [0.3, 0.4) is 0 Å². The Morgan fingerprint density at radius 1 is 1.33 bits per heavy atom. The molecule has 3 rings (SSSR count). The van der Waals surface area contributed by atoms with Gasteiger partial charge >= 0.3 is 0 Å². The van der Waals surface area contributed by atoms with Gasteiger partial charge in [0.25, 0.3) is 0 Å². The monoisotopic (exact) mass is 401 g/mol. The van der Waals surface area contributed by atoms with E-state index in [9.17, 15) is 5.11 Å². The molecule has 0 atom stereocenters. The van der Waals surface area contributed by atoms with Crippen molar-refractivity contribution in [1.29, 1.82) is 0 Å². The fraction of sp³-hybridized carbons (Fsp3) is 0.688. The molecule has 4 nitrogen and oxygen atoms in total. The molecule has 0 aromatic carbocycles. The van der Waals surface area contributed by atoms with Crippen LogP contribution in [0.5, 0.6) is 0 Å². The van der Waals surface area contributed by atoms with Gasteiger partial charge in [0.2, 0.25) is 0 Å². The van der Waals surface area contributed by atoms with E-state index in [4.69, 9.17) is 0 Å². The summed E-state index contributed by atoms with van der Waals surface area (Å²) in [6, 6.07) is 4.87. The van der Waals surface area contributed by atoms with Gasteiger partial charge in [-0.2, -0.15) is 0 Å². The lowest BCUT2D eigenvalue weighted by atomic mass is 9.87. The maximum atomic E-state index is 9.41. The second kappa shape index (κ2) is 6.79. The van der Waals surface area contributed by atoms with E-state index in [1.165, 1.54) is 23.0 Å². The zero-order valence-corrected chi connectivity index (χ0v) is 14.7. The summed E-state index contributed by atoms with van der Waals surface area (Å²) in [5, 5.41) is 9.41. The number of nitrogens with zero attached hydrogens (tertiary/aromatic N) is 3. The summed E-state index contributed by atoms with van der Waals surface area (Å²) >= 11 is 2.30. The summed E-state index contributed by atoms with van der Waals surface area (Å²) in [4.78, 5) is 9.38. The fourth-order valence-electron chi connectivity index (χ4n) is 3.38. The van der Waals surface area contributed by atoms with Crippen LogP contribution in [0.1, 0.15) is 25.7 Å². The van der Waals surface area contributed by atoms with Crippen LogP contribution < -0.4 is 4.90 Å². The van der Waals surface area contributed by atoms with Crippen LogP contribution in [0.15, 0.2) is 18.3 Å². The van der Waals surface area contributed by atoms with Gasteiger partial charge in [-0.3, -0.25) is 0 Å². The van der Waals surface area contributed by atoms with E-state index in [0.29, 0.717) is 6.04 Å². The Balaban J connectivity index is 1.45. The van der Waals surface area contributed by atoms with Gasteiger partial charge in [-0.1, -0.05) is 0 Å². The van der Waals surface area contributed by atoms with Crippen LogP contribution in [0.4, 0.5) is 5.82 Å². The molecule has 116 valence electrons. The Labute approximate surface area is 140 Å². The van der Waals surface area contributed by atoms with Crippen LogP contribution in [0.2, 0.25) is 0 Å². The number of anilines is 1. The van der Waals surface area contributed by atoms with Gasteiger partial charge < -0.3 is 14.9 Å². The molecule has 1 N–H and O–H groups in total. The van der Waals surface area contributed by atoms with E-state index >= 15 is 0 Å². The zero-order chi connectivity index (χ0) is 14.8. The summed E-state index contributed by atoms with van der Waals surface area (Å²) in [7, 11) is 2.21. The number of pyridine rings is 1. The molecule has 1 aliphatic heterocycles. The number of halogens is 1. The third-order valence-electron chi connectivity index (χ3n) is 4.91. The lowest BCUT2D eigenvalue weighted by Gasteiger charge is -2.41. The number of piperidine rings is 1. The van der Waals surface area contributed by atoms with E-state index in [1.54, 1.807) is 0 Å². The molecular formula is C16H24IN3O. The smallest absolute Gasteiger partial charge is 0.128 e. The number of hydrogen-bond acceptors (Lipinski definition) is 4. The summed E-state index contributed by atoms with van der Waals surface area (Å²) in [6.07, 6.45) is 6.30. The Morgan fingerprint density at radius 3 is 2.62 bits per heavy atom. The van der Waals surface area contributed by atoms with Crippen molar-refractivity contribution in [1.82, 2.24) is 9.88 Å². The average Bonchev–Trinajstić information content (AvgIpc) is 2.46. The zero-order valence-electron chi connectivity index (χ0n) is 12.6. The van der Waals surface area contributed by atoms with Crippen molar-refractivity contribution in [3.8, 4) is 0 Å². The molecular weight excluding hydrogens is 377 g/mol. The first-order valence-corrected chi connectivity index (χ1v) is 8.94. The van der Waals surface area contributed by atoms with Gasteiger partial charge in [0.1, 0.15) is 5.82 Å². The summed E-state index contributed by atoms with van der Waals surface area (Å²) in [6.45, 7) is 3.39. The maximum Gasteiger partial charge on any atom is 0.128 e. The first kappa shape index (κ1) is 15.5. The number of aliphatic hydroxyl groups excluding tert-OH is 1. The van der Waals surface area contributed by atoms with Crippen molar-refractivity contribution < 1.29 is 5.11 Å². The molecule has 2 heterocycles. The number of aromatic nitrogens is 1. The molecule has 2 aliphatic rings. The van der Waals surface area contributed by atoms with E-state index < -0.39 is 0 Å². The highest BCUT2D eigenvalue weighted by atomic mass is 127. The molecule has 1 saturated heterocycles. The van der Waals surface area contributed by atoms with Crippen LogP contribution in [-0.2, 0) is 0 Å². The van der Waals surface area contributed by atoms with Crippen molar-refractivity contribution in [2.24, 2.45) is 5.92 Å². The second-order valence-corrected chi connectivity index (χ2v) is 7.73. The molecule has 1 aromatic rings. The van der Waals surface area contributed by atoms with Gasteiger partial charge in [-0.15, -0.1) is 0 Å². The number of rotatable bonds is 4. The summed E-state index contributed by atoms with van der Waals surface area (Å²) < 4.78 is 1.19. The van der Waals surface area contributed by atoms with Crippen molar-refractivity contribution in [2.45, 2.75) is 37.8 Å². The molecule has 1 aromatic heterocycles. The van der Waals surface area contributed by atoms with Gasteiger partial charge in [0.05, 0.1) is 6.10 Å². The van der Waals surface area contributed by atoms with Crippen molar-refractivity contribution >= 4 is 28.4 Å². The highest BCUT2D eigenvalue weighted by Gasteiger charge is 2.32. The Bertz CT molecular complexity index is 453. The minimum atomic E-state index is -0.0498. The number of aliphatic hydroxyl groups is 1. The molecule has 2 fully saturated rings. The van der Waals surface area contributed by atoms with Crippen molar-refractivity contribution in [3.05, 3.63) is 21.9 Å². The minimum absolute atomic E-state index is 0.0498. The van der Waals surface area contributed by atoms with E-state index in [2.05, 4.69) is 56.6 Å². The van der Waals surface area contributed by atoms with Crippen molar-refractivity contribution in [3.63, 3.8) is 0 Å². The lowest BCUT2D eigenvalue weighted by Crippen LogP contribution is -2.48. The molecule has 0 unspecified atom stereocenters. The van der Waals surface area contributed by atoms with E-state index in [1.807, 2.05) is 6.20 Å². The van der Waals surface area contributed by atoms with Crippen molar-refractivity contribution in [2.75, 3.05) is 31.6 Å². The predicted molar refractivity (Wildman–Crippen MR) is 93.5 cm³/mol. The third-order valence-corrected chi connectivity index (χ3v) is 5.55. The first-order valence-electron chi connectivity index (χ1n) is 7.86. The number of hydrogen-bond donors (Lipinski definition) is 1. The summed E-state index contributed by atoms with van der Waals surface area (Å²) in [5.74, 6) is 1.90. The normalized spacial score (nSPS) is 27.0. The average molecular weight is 401 g/mol. The highest BCUT2D eigenvalue weighted by molar-refractivity contribution is 14.1. The van der Waals surface area contributed by atoms with Crippen LogP contribution in [0.25, 0.3) is 0 Å². The molecule has 1 aliphatic carbocycles. The Hall–Kier alpha value is -0.400. The maximum absolute atomic E-state index is 9.41. The van der Waals surface area contributed by atoms with Gasteiger partial charge in [-0.25, -0.2) is 4.98 Å². The van der Waals surface area contributed by atoms with E-state index in [0.717, 1.165) is 37.7 Å². The second-order valence-electron chi connectivity index (χ2n) is 6.48. The molecule has 21 heavy (non-hydrogen) atoms. The largest absolute Gasteiger partial charge is 0.393 e. The van der Waals surface area contributed by atoms with Crippen LogP contribution >= 0.6 is 22.6 Å². The Morgan fingerprint density at radius 2 is 2.05 bits per heavy atom.